The van der Waals surface area contributed by atoms with Gasteiger partial charge in [-0.3, -0.25) is 4.57 Å². The average molecular weight is 335 g/mol. The van der Waals surface area contributed by atoms with Crippen molar-refractivity contribution < 1.29 is 0 Å². The molecule has 0 saturated heterocycles. The molecule has 5 rings (SSSR count). The van der Waals surface area contributed by atoms with E-state index >= 15 is 0 Å². The Morgan fingerprint density at radius 3 is 2.83 bits per heavy atom. The predicted molar refractivity (Wildman–Crippen MR) is 95.8 cm³/mol. The summed E-state index contributed by atoms with van der Waals surface area (Å²) in [7, 11) is 0. The van der Waals surface area contributed by atoms with Crippen LogP contribution in [0.4, 0.5) is 0 Å². The van der Waals surface area contributed by atoms with Gasteiger partial charge in [-0.25, -0.2) is 0 Å². The van der Waals surface area contributed by atoms with E-state index in [1.54, 1.807) is 0 Å². The molecule has 1 aliphatic heterocycles. The molecule has 5 heteroatoms. The van der Waals surface area contributed by atoms with Crippen LogP contribution in [0.1, 0.15) is 18.6 Å². The predicted octanol–water partition coefficient (Wildman–Crippen LogP) is 4.47. The van der Waals surface area contributed by atoms with Gasteiger partial charge in [-0.05, 0) is 30.3 Å². The number of hydrogen-bond donors (Lipinski definition) is 0. The third-order valence-corrected chi connectivity index (χ3v) is 4.93. The largest absolute Gasteiger partial charge is 0.333 e. The number of aromatic nitrogens is 4. The highest BCUT2D eigenvalue weighted by molar-refractivity contribution is 6.31. The van der Waals surface area contributed by atoms with Crippen LogP contribution in [0.5, 0.6) is 0 Å². The van der Waals surface area contributed by atoms with Crippen LogP contribution in [0, 0.1) is 0 Å². The zero-order valence-electron chi connectivity index (χ0n) is 13.2. The molecule has 0 fully saturated rings. The van der Waals surface area contributed by atoms with Crippen molar-refractivity contribution in [2.75, 3.05) is 0 Å². The van der Waals surface area contributed by atoms with Gasteiger partial charge in [0, 0.05) is 27.9 Å². The number of halogens is 1. The van der Waals surface area contributed by atoms with Crippen molar-refractivity contribution in [3.63, 3.8) is 0 Å². The monoisotopic (exact) mass is 334 g/mol. The second-order valence-corrected chi connectivity index (χ2v) is 6.49. The van der Waals surface area contributed by atoms with E-state index in [1.807, 2.05) is 12.1 Å². The molecule has 0 amide bonds. The minimum Gasteiger partial charge on any atom is -0.333 e. The first-order valence-corrected chi connectivity index (χ1v) is 8.46. The Bertz CT molecular complexity index is 1090. The Morgan fingerprint density at radius 1 is 1.08 bits per heavy atom. The van der Waals surface area contributed by atoms with Crippen molar-refractivity contribution in [2.24, 2.45) is 0 Å². The summed E-state index contributed by atoms with van der Waals surface area (Å²) < 4.78 is 4.48. The molecule has 0 spiro atoms. The smallest absolute Gasteiger partial charge is 0.157 e. The summed E-state index contributed by atoms with van der Waals surface area (Å²) in [6.45, 7) is 2.80. The molecule has 118 valence electrons. The second kappa shape index (κ2) is 4.95. The van der Waals surface area contributed by atoms with Crippen LogP contribution in [0.2, 0.25) is 5.02 Å². The third-order valence-electron chi connectivity index (χ3n) is 4.70. The quantitative estimate of drug-likeness (QED) is 0.453. The minimum absolute atomic E-state index is 0.697. The Balaban J connectivity index is 1.93. The number of nitrogens with zero attached hydrogens (tertiary/aromatic N) is 4. The van der Waals surface area contributed by atoms with Gasteiger partial charge in [0.05, 0.1) is 17.9 Å². The van der Waals surface area contributed by atoms with Crippen LogP contribution in [-0.2, 0) is 13.0 Å². The van der Waals surface area contributed by atoms with Crippen molar-refractivity contribution in [1.82, 2.24) is 19.3 Å². The molecule has 0 unspecified atom stereocenters. The number of hydrogen-bond acceptors (Lipinski definition) is 2. The van der Waals surface area contributed by atoms with Gasteiger partial charge in [0.1, 0.15) is 5.82 Å². The summed E-state index contributed by atoms with van der Waals surface area (Å²) in [5, 5.41) is 10.8. The molecule has 24 heavy (non-hydrogen) atoms. The molecule has 1 aliphatic rings. The van der Waals surface area contributed by atoms with Crippen molar-refractivity contribution in [1.29, 1.82) is 0 Å². The third kappa shape index (κ3) is 1.80. The van der Waals surface area contributed by atoms with E-state index in [0.29, 0.717) is 6.54 Å². The first kappa shape index (κ1) is 13.8. The molecule has 0 bridgehead atoms. The maximum Gasteiger partial charge on any atom is 0.157 e. The SMILES string of the molecule is CCc1nnc2n1-c1ccc(Cl)cc1-c1cc3ccccc3n1C2. The first-order valence-electron chi connectivity index (χ1n) is 8.08. The molecular weight excluding hydrogens is 320 g/mol. The van der Waals surface area contributed by atoms with E-state index in [1.165, 1.54) is 16.6 Å². The molecule has 0 atom stereocenters. The van der Waals surface area contributed by atoms with Crippen LogP contribution in [-0.4, -0.2) is 19.3 Å². The number of aryl methyl sites for hydroxylation is 1. The van der Waals surface area contributed by atoms with Crippen molar-refractivity contribution in [3.8, 4) is 16.9 Å². The fourth-order valence-corrected chi connectivity index (χ4v) is 3.79. The van der Waals surface area contributed by atoms with Crippen LogP contribution < -0.4 is 0 Å². The number of fused-ring (bicyclic) bond motifs is 7. The summed E-state index contributed by atoms with van der Waals surface area (Å²) in [4.78, 5) is 0. The Morgan fingerprint density at radius 2 is 1.96 bits per heavy atom. The van der Waals surface area contributed by atoms with Crippen LogP contribution in [0.3, 0.4) is 0 Å². The molecule has 0 saturated carbocycles. The minimum atomic E-state index is 0.697. The van der Waals surface area contributed by atoms with E-state index in [-0.39, 0.29) is 0 Å². The number of rotatable bonds is 1. The molecule has 4 aromatic rings. The van der Waals surface area contributed by atoms with Gasteiger partial charge in [-0.1, -0.05) is 36.7 Å². The van der Waals surface area contributed by atoms with Gasteiger partial charge in [0.2, 0.25) is 0 Å². The molecular formula is C19H15ClN4. The summed E-state index contributed by atoms with van der Waals surface area (Å²) in [5.41, 5.74) is 4.58. The van der Waals surface area contributed by atoms with E-state index in [4.69, 9.17) is 11.6 Å². The summed E-state index contributed by atoms with van der Waals surface area (Å²) >= 11 is 6.32. The molecule has 4 nitrogen and oxygen atoms in total. The van der Waals surface area contributed by atoms with Crippen LogP contribution >= 0.6 is 11.6 Å². The summed E-state index contributed by atoms with van der Waals surface area (Å²) in [6.07, 6.45) is 0.838. The van der Waals surface area contributed by atoms with Gasteiger partial charge in [0.25, 0.3) is 0 Å². The fourth-order valence-electron chi connectivity index (χ4n) is 3.62. The van der Waals surface area contributed by atoms with E-state index in [9.17, 15) is 0 Å². The Labute approximate surface area is 144 Å². The molecule has 2 aromatic heterocycles. The fraction of sp³-hybridized carbons (Fsp3) is 0.158. The van der Waals surface area contributed by atoms with Gasteiger partial charge in [-0.2, -0.15) is 0 Å². The first-order chi connectivity index (χ1) is 11.8. The van der Waals surface area contributed by atoms with Crippen molar-refractivity contribution >= 4 is 22.5 Å². The highest BCUT2D eigenvalue weighted by atomic mass is 35.5. The van der Waals surface area contributed by atoms with Gasteiger partial charge < -0.3 is 4.57 Å². The van der Waals surface area contributed by atoms with Crippen molar-refractivity contribution in [3.05, 3.63) is 65.2 Å². The lowest BCUT2D eigenvalue weighted by molar-refractivity contribution is 0.761. The van der Waals surface area contributed by atoms with Crippen molar-refractivity contribution in [2.45, 2.75) is 19.9 Å². The van der Waals surface area contributed by atoms with Crippen LogP contribution in [0.25, 0.3) is 27.8 Å². The molecule has 0 aliphatic carbocycles. The zero-order chi connectivity index (χ0) is 16.3. The van der Waals surface area contributed by atoms with E-state index in [2.05, 4.69) is 62.7 Å². The van der Waals surface area contributed by atoms with E-state index < -0.39 is 0 Å². The summed E-state index contributed by atoms with van der Waals surface area (Å²) in [6, 6.07) is 16.7. The maximum atomic E-state index is 6.32. The lowest BCUT2D eigenvalue weighted by atomic mass is 10.1. The van der Waals surface area contributed by atoms with Gasteiger partial charge in [0.15, 0.2) is 5.82 Å². The lowest BCUT2D eigenvalue weighted by Gasteiger charge is -2.11. The highest BCUT2D eigenvalue weighted by Gasteiger charge is 2.24. The summed E-state index contributed by atoms with van der Waals surface area (Å²) in [5.74, 6) is 1.93. The zero-order valence-corrected chi connectivity index (χ0v) is 14.0. The van der Waals surface area contributed by atoms with E-state index in [0.717, 1.165) is 34.3 Å². The standard InChI is InChI=1S/C19H15ClN4/c1-2-18-21-22-19-11-23-15-6-4-3-5-12(15)9-17(23)14-10-13(20)7-8-16(14)24(18)19/h3-10H,2,11H2,1H3. The lowest BCUT2D eigenvalue weighted by Crippen LogP contribution is -2.06. The van der Waals surface area contributed by atoms with Gasteiger partial charge >= 0.3 is 0 Å². The normalized spacial score (nSPS) is 12.6. The second-order valence-electron chi connectivity index (χ2n) is 6.06. The highest BCUT2D eigenvalue weighted by Crippen LogP contribution is 2.37. The Hall–Kier alpha value is -2.59. The molecule has 2 aromatic carbocycles. The number of benzene rings is 2. The van der Waals surface area contributed by atoms with Gasteiger partial charge in [-0.15, -0.1) is 10.2 Å². The molecule has 3 heterocycles. The number of para-hydroxylation sites is 1. The maximum absolute atomic E-state index is 6.32. The molecule has 0 radical (unpaired) electrons. The molecule has 0 N–H and O–H groups in total. The average Bonchev–Trinajstić information content (AvgIpc) is 3.14. The van der Waals surface area contributed by atoms with Crippen LogP contribution in [0.15, 0.2) is 48.5 Å². The Kier molecular flexibility index (Phi) is 2.85. The topological polar surface area (TPSA) is 35.6 Å².